The Morgan fingerprint density at radius 2 is 2.06 bits per heavy atom. The molecular formula is C15H23NO2. The molecule has 1 heterocycles. The van der Waals surface area contributed by atoms with Crippen LogP contribution in [0.4, 0.5) is 0 Å². The topological polar surface area (TPSA) is 30.5 Å². The van der Waals surface area contributed by atoms with E-state index in [-0.39, 0.29) is 0 Å². The fraction of sp³-hybridized carbons (Fsp3) is 0.600. The maximum atomic E-state index is 5.68. The summed E-state index contributed by atoms with van der Waals surface area (Å²) < 4.78 is 11.1. The lowest BCUT2D eigenvalue weighted by molar-refractivity contribution is 0.0753. The molecule has 0 aliphatic carbocycles. The van der Waals surface area contributed by atoms with E-state index in [0.717, 1.165) is 31.8 Å². The molecule has 3 heteroatoms. The summed E-state index contributed by atoms with van der Waals surface area (Å²) in [5.74, 6) is 0.993. The zero-order chi connectivity index (χ0) is 12.8. The van der Waals surface area contributed by atoms with E-state index >= 15 is 0 Å². The number of nitrogens with one attached hydrogen (secondary N) is 1. The molecule has 1 aromatic carbocycles. The third-order valence-electron chi connectivity index (χ3n) is 3.39. The summed E-state index contributed by atoms with van der Waals surface area (Å²) in [7, 11) is 0. The van der Waals surface area contributed by atoms with Crippen LogP contribution in [0.3, 0.4) is 0 Å². The van der Waals surface area contributed by atoms with Crippen molar-refractivity contribution in [2.24, 2.45) is 0 Å². The van der Waals surface area contributed by atoms with Crippen molar-refractivity contribution in [1.82, 2.24) is 5.32 Å². The van der Waals surface area contributed by atoms with Gasteiger partial charge in [0.2, 0.25) is 0 Å². The van der Waals surface area contributed by atoms with Crippen LogP contribution < -0.4 is 10.1 Å². The first-order valence-electron chi connectivity index (χ1n) is 6.86. The van der Waals surface area contributed by atoms with Gasteiger partial charge in [-0.1, -0.05) is 18.2 Å². The largest absolute Gasteiger partial charge is 0.494 e. The van der Waals surface area contributed by atoms with Crippen molar-refractivity contribution in [3.63, 3.8) is 0 Å². The summed E-state index contributed by atoms with van der Waals surface area (Å²) in [5, 5.41) is 3.67. The summed E-state index contributed by atoms with van der Waals surface area (Å²) in [6, 6.07) is 9.15. The van der Waals surface area contributed by atoms with Gasteiger partial charge in [-0.15, -0.1) is 0 Å². The van der Waals surface area contributed by atoms with E-state index in [4.69, 9.17) is 9.47 Å². The Bertz CT molecular complexity index is 361. The predicted octanol–water partition coefficient (Wildman–Crippen LogP) is 2.91. The molecule has 1 aliphatic rings. The second kappa shape index (κ2) is 6.76. The van der Waals surface area contributed by atoms with Crippen molar-refractivity contribution in [3.8, 4) is 5.75 Å². The summed E-state index contributed by atoms with van der Waals surface area (Å²) in [6.07, 6.45) is 2.20. The molecular weight excluding hydrogens is 226 g/mol. The maximum absolute atomic E-state index is 5.68. The minimum absolute atomic E-state index is 0.316. The average Bonchev–Trinajstić information content (AvgIpc) is 2.41. The van der Waals surface area contributed by atoms with Gasteiger partial charge in [-0.3, -0.25) is 0 Å². The lowest BCUT2D eigenvalue weighted by Crippen LogP contribution is -2.36. The Kier molecular flexibility index (Phi) is 5.02. The summed E-state index contributed by atoms with van der Waals surface area (Å²) >= 11 is 0. The average molecular weight is 249 g/mol. The molecule has 1 aliphatic heterocycles. The maximum Gasteiger partial charge on any atom is 0.124 e. The van der Waals surface area contributed by atoms with Gasteiger partial charge in [-0.25, -0.2) is 0 Å². The number of hydrogen-bond donors (Lipinski definition) is 1. The number of rotatable bonds is 5. The first-order valence-corrected chi connectivity index (χ1v) is 6.86. The molecule has 1 saturated heterocycles. The molecule has 1 unspecified atom stereocenters. The highest BCUT2D eigenvalue weighted by Gasteiger charge is 2.18. The Balaban J connectivity index is 2.00. The molecule has 1 atom stereocenters. The van der Waals surface area contributed by atoms with Crippen LogP contribution in [-0.4, -0.2) is 25.9 Å². The second-order valence-corrected chi connectivity index (χ2v) is 4.75. The van der Waals surface area contributed by atoms with Crippen molar-refractivity contribution < 1.29 is 9.47 Å². The zero-order valence-electron chi connectivity index (χ0n) is 11.3. The van der Waals surface area contributed by atoms with Crippen molar-refractivity contribution in [2.75, 3.05) is 19.8 Å². The molecule has 0 bridgehead atoms. The van der Waals surface area contributed by atoms with Crippen LogP contribution in [-0.2, 0) is 4.74 Å². The number of para-hydroxylation sites is 1. The quantitative estimate of drug-likeness (QED) is 0.870. The van der Waals surface area contributed by atoms with Gasteiger partial charge >= 0.3 is 0 Å². The first kappa shape index (κ1) is 13.4. The van der Waals surface area contributed by atoms with Crippen LogP contribution in [0.5, 0.6) is 5.75 Å². The molecule has 1 fully saturated rings. The van der Waals surface area contributed by atoms with E-state index in [9.17, 15) is 0 Å². The van der Waals surface area contributed by atoms with Gasteiger partial charge in [0.15, 0.2) is 0 Å². The molecule has 100 valence electrons. The van der Waals surface area contributed by atoms with Crippen LogP contribution in [0.25, 0.3) is 0 Å². The van der Waals surface area contributed by atoms with Crippen molar-refractivity contribution in [1.29, 1.82) is 0 Å². The Morgan fingerprint density at radius 3 is 2.78 bits per heavy atom. The van der Waals surface area contributed by atoms with E-state index in [1.807, 2.05) is 19.1 Å². The Labute approximate surface area is 109 Å². The molecule has 1 aromatic rings. The lowest BCUT2D eigenvalue weighted by atomic mass is 10.0. The van der Waals surface area contributed by atoms with Gasteiger partial charge < -0.3 is 14.8 Å². The predicted molar refractivity (Wildman–Crippen MR) is 73.0 cm³/mol. The lowest BCUT2D eigenvalue weighted by Gasteiger charge is -2.27. The second-order valence-electron chi connectivity index (χ2n) is 4.75. The first-order chi connectivity index (χ1) is 8.81. The van der Waals surface area contributed by atoms with E-state index < -0.39 is 0 Å². The van der Waals surface area contributed by atoms with Gasteiger partial charge in [0.05, 0.1) is 6.61 Å². The molecule has 0 aromatic heterocycles. The molecule has 0 amide bonds. The van der Waals surface area contributed by atoms with Crippen LogP contribution >= 0.6 is 0 Å². The van der Waals surface area contributed by atoms with Crippen LogP contribution in [0, 0.1) is 0 Å². The van der Waals surface area contributed by atoms with E-state index in [0.29, 0.717) is 18.7 Å². The minimum Gasteiger partial charge on any atom is -0.494 e. The van der Waals surface area contributed by atoms with Crippen molar-refractivity contribution in [3.05, 3.63) is 29.8 Å². The summed E-state index contributed by atoms with van der Waals surface area (Å²) in [5.41, 5.74) is 1.24. The van der Waals surface area contributed by atoms with Gasteiger partial charge in [-0.2, -0.15) is 0 Å². The van der Waals surface area contributed by atoms with Gasteiger partial charge in [0.25, 0.3) is 0 Å². The number of hydrogen-bond acceptors (Lipinski definition) is 3. The SMILES string of the molecule is CCOc1ccccc1C(C)NC1CCOCC1. The summed E-state index contributed by atoms with van der Waals surface area (Å²) in [6.45, 7) is 6.68. The van der Waals surface area contributed by atoms with Gasteiger partial charge in [0.1, 0.15) is 5.75 Å². The Hall–Kier alpha value is -1.06. The molecule has 1 N–H and O–H groups in total. The molecule has 2 rings (SSSR count). The van der Waals surface area contributed by atoms with Gasteiger partial charge in [0, 0.05) is 30.9 Å². The standard InChI is InChI=1S/C15H23NO2/c1-3-18-15-7-5-4-6-14(15)12(2)16-13-8-10-17-11-9-13/h4-7,12-13,16H,3,8-11H2,1-2H3. The summed E-state index contributed by atoms with van der Waals surface area (Å²) in [4.78, 5) is 0. The van der Waals surface area contributed by atoms with E-state index in [2.05, 4.69) is 24.4 Å². The highest BCUT2D eigenvalue weighted by atomic mass is 16.5. The van der Waals surface area contributed by atoms with Crippen LogP contribution in [0.15, 0.2) is 24.3 Å². The molecule has 18 heavy (non-hydrogen) atoms. The minimum atomic E-state index is 0.316. The molecule has 0 saturated carbocycles. The van der Waals surface area contributed by atoms with Gasteiger partial charge in [-0.05, 0) is 32.8 Å². The van der Waals surface area contributed by atoms with Crippen LogP contribution in [0.1, 0.15) is 38.3 Å². The van der Waals surface area contributed by atoms with Crippen LogP contribution in [0.2, 0.25) is 0 Å². The Morgan fingerprint density at radius 1 is 1.33 bits per heavy atom. The fourth-order valence-corrected chi connectivity index (χ4v) is 2.43. The monoisotopic (exact) mass is 249 g/mol. The normalized spacial score (nSPS) is 18.6. The third-order valence-corrected chi connectivity index (χ3v) is 3.39. The smallest absolute Gasteiger partial charge is 0.124 e. The third kappa shape index (κ3) is 3.47. The molecule has 0 radical (unpaired) electrons. The highest BCUT2D eigenvalue weighted by Crippen LogP contribution is 2.26. The van der Waals surface area contributed by atoms with Crippen molar-refractivity contribution in [2.45, 2.75) is 38.8 Å². The zero-order valence-corrected chi connectivity index (χ0v) is 11.3. The molecule has 0 spiro atoms. The number of benzene rings is 1. The van der Waals surface area contributed by atoms with E-state index in [1.165, 1.54) is 5.56 Å². The van der Waals surface area contributed by atoms with E-state index in [1.54, 1.807) is 0 Å². The number of ether oxygens (including phenoxy) is 2. The highest BCUT2D eigenvalue weighted by molar-refractivity contribution is 5.35. The molecule has 3 nitrogen and oxygen atoms in total. The fourth-order valence-electron chi connectivity index (χ4n) is 2.43. The van der Waals surface area contributed by atoms with Crippen molar-refractivity contribution >= 4 is 0 Å².